The van der Waals surface area contributed by atoms with Crippen LogP contribution in [-0.2, 0) is 30.5 Å². The number of nitrogens with zero attached hydrogens (tertiary/aromatic N) is 3. The lowest BCUT2D eigenvalue weighted by Crippen LogP contribution is -2.54. The maximum absolute atomic E-state index is 13.1. The van der Waals surface area contributed by atoms with Crippen LogP contribution in [0.3, 0.4) is 0 Å². The molecule has 4 rings (SSSR count). The Bertz CT molecular complexity index is 1060. The molecule has 0 unspecified atom stereocenters. The first-order valence-corrected chi connectivity index (χ1v) is 13.4. The molecule has 0 radical (unpaired) electrons. The number of piperazine rings is 1. The van der Waals surface area contributed by atoms with E-state index in [1.807, 2.05) is 0 Å². The highest BCUT2D eigenvalue weighted by molar-refractivity contribution is 7.89. The van der Waals surface area contributed by atoms with Gasteiger partial charge in [0.1, 0.15) is 11.0 Å². The van der Waals surface area contributed by atoms with Gasteiger partial charge < -0.3 is 14.5 Å². The fourth-order valence-corrected chi connectivity index (χ4v) is 6.71. The number of halogens is 4. The summed E-state index contributed by atoms with van der Waals surface area (Å²) in [5, 5.41) is -0.286. The Morgan fingerprint density at radius 1 is 0.943 bits per heavy atom. The lowest BCUT2D eigenvalue weighted by Gasteiger charge is -2.39. The van der Waals surface area contributed by atoms with Gasteiger partial charge in [-0.1, -0.05) is 11.6 Å². The Morgan fingerprint density at radius 2 is 1.54 bits per heavy atom. The molecule has 3 saturated heterocycles. The van der Waals surface area contributed by atoms with Gasteiger partial charge >= 0.3 is 6.18 Å². The number of amides is 2. The number of benzene rings is 1. The molecule has 8 nitrogen and oxygen atoms in total. The van der Waals surface area contributed by atoms with Gasteiger partial charge in [-0.3, -0.25) is 9.59 Å². The van der Waals surface area contributed by atoms with Crippen LogP contribution in [0.4, 0.5) is 13.2 Å². The zero-order chi connectivity index (χ0) is 25.4. The molecular weight excluding hydrogens is 511 g/mol. The summed E-state index contributed by atoms with van der Waals surface area (Å²) in [5.41, 5.74) is -1.09. The second-order valence-electron chi connectivity index (χ2n) is 8.97. The SMILES string of the molecule is O=C(C1CCN(S(=O)(=O)c2cc(C(F)(F)F)ccc2Cl)CC1)N1CCN(C(=O)[C@H]2CCCO2)CC1. The third-order valence-electron chi connectivity index (χ3n) is 6.79. The summed E-state index contributed by atoms with van der Waals surface area (Å²) < 4.78 is 71.8. The Labute approximate surface area is 207 Å². The van der Waals surface area contributed by atoms with E-state index in [-0.39, 0.29) is 48.7 Å². The maximum atomic E-state index is 13.1. The lowest BCUT2D eigenvalue weighted by molar-refractivity contribution is -0.147. The van der Waals surface area contributed by atoms with Crippen LogP contribution in [0.1, 0.15) is 31.2 Å². The second kappa shape index (κ2) is 10.2. The molecule has 1 aromatic carbocycles. The van der Waals surface area contributed by atoms with E-state index in [4.69, 9.17) is 16.3 Å². The Balaban J connectivity index is 1.33. The molecule has 1 atom stereocenters. The molecule has 0 bridgehead atoms. The van der Waals surface area contributed by atoms with Crippen LogP contribution >= 0.6 is 11.6 Å². The highest BCUT2D eigenvalue weighted by Gasteiger charge is 2.38. The van der Waals surface area contributed by atoms with Gasteiger partial charge in [-0.25, -0.2) is 8.42 Å². The van der Waals surface area contributed by atoms with Crippen molar-refractivity contribution in [2.45, 2.75) is 42.9 Å². The van der Waals surface area contributed by atoms with Gasteiger partial charge in [0.25, 0.3) is 5.91 Å². The van der Waals surface area contributed by atoms with E-state index < -0.39 is 32.8 Å². The van der Waals surface area contributed by atoms with Gasteiger partial charge in [0.05, 0.1) is 10.6 Å². The molecule has 2 amide bonds. The molecule has 3 aliphatic heterocycles. The highest BCUT2D eigenvalue weighted by atomic mass is 35.5. The summed E-state index contributed by atoms with van der Waals surface area (Å²) in [6.07, 6.45) is -3.01. The van der Waals surface area contributed by atoms with E-state index in [0.29, 0.717) is 45.3 Å². The number of hydrogen-bond donors (Lipinski definition) is 0. The average Bonchev–Trinajstić information content (AvgIpc) is 3.38. The first kappa shape index (κ1) is 26.2. The summed E-state index contributed by atoms with van der Waals surface area (Å²) in [4.78, 5) is 28.3. The molecule has 0 spiro atoms. The first-order chi connectivity index (χ1) is 16.5. The number of hydrogen-bond acceptors (Lipinski definition) is 5. The number of carbonyl (C=O) groups excluding carboxylic acids is 2. The molecule has 3 fully saturated rings. The summed E-state index contributed by atoms with van der Waals surface area (Å²) in [7, 11) is -4.25. The molecule has 13 heteroatoms. The van der Waals surface area contributed by atoms with Crippen LogP contribution in [0.5, 0.6) is 0 Å². The zero-order valence-electron chi connectivity index (χ0n) is 19.0. The number of sulfonamides is 1. The predicted molar refractivity (Wildman–Crippen MR) is 120 cm³/mol. The van der Waals surface area contributed by atoms with Crippen LogP contribution in [0.15, 0.2) is 23.1 Å². The summed E-state index contributed by atoms with van der Waals surface area (Å²) >= 11 is 5.94. The van der Waals surface area contributed by atoms with Crippen molar-refractivity contribution in [3.63, 3.8) is 0 Å². The molecule has 3 heterocycles. The lowest BCUT2D eigenvalue weighted by atomic mass is 9.96. The van der Waals surface area contributed by atoms with Crippen molar-refractivity contribution in [2.75, 3.05) is 45.9 Å². The largest absolute Gasteiger partial charge is 0.416 e. The van der Waals surface area contributed by atoms with E-state index >= 15 is 0 Å². The van der Waals surface area contributed by atoms with Crippen LogP contribution in [0, 0.1) is 5.92 Å². The number of carbonyl (C=O) groups is 2. The number of alkyl halides is 3. The van der Waals surface area contributed by atoms with Crippen molar-refractivity contribution in [1.29, 1.82) is 0 Å². The molecule has 1 aromatic rings. The zero-order valence-corrected chi connectivity index (χ0v) is 20.5. The standard InChI is InChI=1S/C22H27ClF3N3O5S/c23-17-4-3-16(22(24,25)26)14-19(17)35(32,33)29-7-5-15(6-8-29)20(30)27-9-11-28(12-10-27)21(31)18-2-1-13-34-18/h3-4,14-15,18H,1-2,5-13H2/t18-/m1/s1. The van der Waals surface area contributed by atoms with Gasteiger partial charge in [0.15, 0.2) is 0 Å². The number of rotatable bonds is 4. The third-order valence-corrected chi connectivity index (χ3v) is 9.17. The number of ether oxygens (including phenoxy) is 1. The summed E-state index contributed by atoms with van der Waals surface area (Å²) in [6, 6.07) is 2.21. The fourth-order valence-electron chi connectivity index (χ4n) is 4.74. The molecular formula is C22H27ClF3N3O5S. The minimum Gasteiger partial charge on any atom is -0.368 e. The quantitative estimate of drug-likeness (QED) is 0.589. The Morgan fingerprint density at radius 3 is 2.09 bits per heavy atom. The monoisotopic (exact) mass is 537 g/mol. The van der Waals surface area contributed by atoms with E-state index in [2.05, 4.69) is 0 Å². The van der Waals surface area contributed by atoms with Crippen molar-refractivity contribution < 1.29 is 35.9 Å². The fraction of sp³-hybridized carbons (Fsp3) is 0.636. The molecule has 3 aliphatic rings. The molecule has 0 aliphatic carbocycles. The highest BCUT2D eigenvalue weighted by Crippen LogP contribution is 2.35. The van der Waals surface area contributed by atoms with E-state index in [9.17, 15) is 31.2 Å². The first-order valence-electron chi connectivity index (χ1n) is 11.5. The molecule has 35 heavy (non-hydrogen) atoms. The minimum atomic E-state index is -4.70. The molecule has 0 N–H and O–H groups in total. The Kier molecular flexibility index (Phi) is 7.65. The maximum Gasteiger partial charge on any atom is 0.416 e. The average molecular weight is 538 g/mol. The third kappa shape index (κ3) is 5.60. The molecule has 0 saturated carbocycles. The van der Waals surface area contributed by atoms with Gasteiger partial charge in [-0.05, 0) is 43.9 Å². The topological polar surface area (TPSA) is 87.2 Å². The van der Waals surface area contributed by atoms with Gasteiger partial charge in [-0.15, -0.1) is 0 Å². The van der Waals surface area contributed by atoms with Crippen molar-refractivity contribution in [1.82, 2.24) is 14.1 Å². The van der Waals surface area contributed by atoms with Crippen LogP contribution in [0.2, 0.25) is 5.02 Å². The number of piperidine rings is 1. The summed E-state index contributed by atoms with van der Waals surface area (Å²) in [5.74, 6) is -0.524. The smallest absolute Gasteiger partial charge is 0.368 e. The van der Waals surface area contributed by atoms with Crippen LogP contribution < -0.4 is 0 Å². The normalized spacial score (nSPS) is 23.0. The molecule has 0 aromatic heterocycles. The van der Waals surface area contributed by atoms with Crippen molar-refractivity contribution in [3.05, 3.63) is 28.8 Å². The van der Waals surface area contributed by atoms with Gasteiger partial charge in [-0.2, -0.15) is 17.5 Å². The van der Waals surface area contributed by atoms with E-state index in [1.165, 1.54) is 0 Å². The second-order valence-corrected chi connectivity index (χ2v) is 11.3. The van der Waals surface area contributed by atoms with Crippen LogP contribution in [-0.4, -0.2) is 86.3 Å². The Hall–Kier alpha value is -1.89. The van der Waals surface area contributed by atoms with Gasteiger partial charge in [0.2, 0.25) is 15.9 Å². The predicted octanol–water partition coefficient (Wildman–Crippen LogP) is 2.61. The van der Waals surface area contributed by atoms with E-state index in [1.54, 1.807) is 9.80 Å². The minimum absolute atomic E-state index is 0.00276. The van der Waals surface area contributed by atoms with E-state index in [0.717, 1.165) is 22.9 Å². The van der Waals surface area contributed by atoms with Crippen molar-refractivity contribution in [2.24, 2.45) is 5.92 Å². The van der Waals surface area contributed by atoms with Crippen LogP contribution in [0.25, 0.3) is 0 Å². The summed E-state index contributed by atoms with van der Waals surface area (Å²) in [6.45, 7) is 2.23. The molecule has 194 valence electrons. The van der Waals surface area contributed by atoms with Crippen molar-refractivity contribution in [3.8, 4) is 0 Å². The van der Waals surface area contributed by atoms with Gasteiger partial charge in [0, 0.05) is 51.8 Å². The van der Waals surface area contributed by atoms with Crippen molar-refractivity contribution >= 4 is 33.4 Å².